The fourth-order valence-electron chi connectivity index (χ4n) is 3.56. The average Bonchev–Trinajstić information content (AvgIpc) is 3.17. The summed E-state index contributed by atoms with van der Waals surface area (Å²) in [6, 6.07) is 7.12. The molecule has 1 heterocycles. The molecule has 0 amide bonds. The predicted octanol–water partition coefficient (Wildman–Crippen LogP) is 3.70. The lowest BCUT2D eigenvalue weighted by Gasteiger charge is -2.35. The van der Waals surface area contributed by atoms with E-state index in [1.54, 1.807) is 25.1 Å². The highest BCUT2D eigenvalue weighted by atomic mass is 16.5. The van der Waals surface area contributed by atoms with Crippen LogP contribution < -0.4 is 0 Å². The largest absolute Gasteiger partial charge is 0.496 e. The molecule has 0 spiro atoms. The number of hydrogen-bond donors (Lipinski definition) is 4. The summed E-state index contributed by atoms with van der Waals surface area (Å²) in [7, 11) is 1.39. The van der Waals surface area contributed by atoms with E-state index in [0.717, 1.165) is 18.4 Å². The number of benzene rings is 1. The third kappa shape index (κ3) is 4.93. The number of hydrogen-bond acceptors (Lipinski definition) is 5. The van der Waals surface area contributed by atoms with Crippen LogP contribution in [-0.2, 0) is 14.3 Å². The number of aromatic carboxylic acids is 1. The van der Waals surface area contributed by atoms with Gasteiger partial charge in [-0.1, -0.05) is 44.0 Å². The zero-order chi connectivity index (χ0) is 23.2. The van der Waals surface area contributed by atoms with Crippen molar-refractivity contribution in [1.82, 2.24) is 10.2 Å². The number of ether oxygens (including phenoxy) is 1. The number of unbranched alkanes of at least 4 members (excludes halogenated alkanes) is 1. The number of carbonyl (C=O) groups is 3. The molecule has 2 aromatic rings. The SMILES string of the molecule is CCCCC1C(C(=O)O)=C(OC)C=CC1(C)C(=O)O.O=C(O)c1n[nH]c2ccccc12. The van der Waals surface area contributed by atoms with E-state index in [1.165, 1.54) is 19.3 Å². The van der Waals surface area contributed by atoms with Gasteiger partial charge in [0, 0.05) is 11.3 Å². The summed E-state index contributed by atoms with van der Waals surface area (Å²) in [5, 5.41) is 34.4. The molecule has 2 unspecified atom stereocenters. The number of aromatic amines is 1. The van der Waals surface area contributed by atoms with Gasteiger partial charge in [-0.15, -0.1) is 0 Å². The molecule has 2 atom stereocenters. The van der Waals surface area contributed by atoms with Crippen LogP contribution in [0.1, 0.15) is 43.6 Å². The summed E-state index contributed by atoms with van der Waals surface area (Å²) in [5.74, 6) is -3.48. The van der Waals surface area contributed by atoms with Crippen LogP contribution in [0.15, 0.2) is 47.7 Å². The van der Waals surface area contributed by atoms with Crippen LogP contribution in [0, 0.1) is 11.3 Å². The van der Waals surface area contributed by atoms with Crippen LogP contribution in [0.3, 0.4) is 0 Å². The molecule has 1 aromatic heterocycles. The molecule has 9 nitrogen and oxygen atoms in total. The molecule has 0 bridgehead atoms. The fraction of sp³-hybridized carbons (Fsp3) is 0.364. The maximum atomic E-state index is 11.5. The molecule has 1 aliphatic rings. The smallest absolute Gasteiger partial charge is 0.357 e. The molecule has 166 valence electrons. The number of para-hydroxylation sites is 1. The Morgan fingerprint density at radius 3 is 2.39 bits per heavy atom. The zero-order valence-electron chi connectivity index (χ0n) is 17.6. The Morgan fingerprint density at radius 1 is 1.16 bits per heavy atom. The molecule has 9 heteroatoms. The van der Waals surface area contributed by atoms with Gasteiger partial charge in [0.1, 0.15) is 5.76 Å². The van der Waals surface area contributed by atoms with Gasteiger partial charge in [-0.3, -0.25) is 9.89 Å². The van der Waals surface area contributed by atoms with Crippen molar-refractivity contribution in [2.24, 2.45) is 11.3 Å². The van der Waals surface area contributed by atoms with Gasteiger partial charge in [-0.25, -0.2) is 9.59 Å². The summed E-state index contributed by atoms with van der Waals surface area (Å²) in [6.45, 7) is 3.54. The van der Waals surface area contributed by atoms with Gasteiger partial charge in [0.2, 0.25) is 0 Å². The standard InChI is InChI=1S/C14H20O5.C8H6N2O2/c1-4-5-6-9-11(12(15)16)10(19-3)7-8-14(9,2)13(17)18;11-8(12)7-5-3-1-2-4-6(5)9-10-7/h7-9H,4-6H2,1-3H3,(H,15,16)(H,17,18);1-4H,(H,9,10)(H,11,12). The van der Waals surface area contributed by atoms with Crippen LogP contribution in [0.5, 0.6) is 0 Å². The maximum Gasteiger partial charge on any atom is 0.357 e. The Labute approximate surface area is 179 Å². The van der Waals surface area contributed by atoms with Crippen LogP contribution in [-0.4, -0.2) is 50.5 Å². The molecular weight excluding hydrogens is 404 g/mol. The number of H-pyrrole nitrogens is 1. The second-order valence-electron chi connectivity index (χ2n) is 7.33. The van der Waals surface area contributed by atoms with E-state index in [0.29, 0.717) is 11.8 Å². The number of nitrogens with zero attached hydrogens (tertiary/aromatic N) is 1. The van der Waals surface area contributed by atoms with Crippen molar-refractivity contribution in [3.8, 4) is 0 Å². The lowest BCUT2D eigenvalue weighted by atomic mass is 9.68. The maximum absolute atomic E-state index is 11.5. The van der Waals surface area contributed by atoms with E-state index in [-0.39, 0.29) is 17.0 Å². The summed E-state index contributed by atoms with van der Waals surface area (Å²) < 4.78 is 5.07. The van der Waals surface area contributed by atoms with Crippen LogP contribution in [0.25, 0.3) is 10.9 Å². The van der Waals surface area contributed by atoms with Crippen molar-refractivity contribution < 1.29 is 34.4 Å². The Balaban J connectivity index is 0.000000242. The Kier molecular flexibility index (Phi) is 7.57. The van der Waals surface area contributed by atoms with Crippen LogP contribution in [0.4, 0.5) is 0 Å². The van der Waals surface area contributed by atoms with Gasteiger partial charge < -0.3 is 20.1 Å². The molecule has 0 saturated carbocycles. The highest BCUT2D eigenvalue weighted by molar-refractivity contribution is 6.00. The minimum Gasteiger partial charge on any atom is -0.496 e. The van der Waals surface area contributed by atoms with Gasteiger partial charge in [0.05, 0.1) is 23.6 Å². The number of methoxy groups -OCH3 is 1. The number of carboxylic acids is 3. The monoisotopic (exact) mass is 430 g/mol. The molecule has 1 aliphatic carbocycles. The molecule has 0 aliphatic heterocycles. The minimum atomic E-state index is -1.20. The molecule has 3 rings (SSSR count). The van der Waals surface area contributed by atoms with Gasteiger partial charge in [-0.05, 0) is 25.5 Å². The normalized spacial score (nSPS) is 20.2. The second kappa shape index (κ2) is 9.92. The lowest BCUT2D eigenvalue weighted by Crippen LogP contribution is -2.39. The number of aliphatic carboxylic acids is 2. The number of aromatic nitrogens is 2. The van der Waals surface area contributed by atoms with Crippen LogP contribution >= 0.6 is 0 Å². The number of allylic oxidation sites excluding steroid dienone is 1. The van der Waals surface area contributed by atoms with E-state index >= 15 is 0 Å². The zero-order valence-corrected chi connectivity index (χ0v) is 17.6. The van der Waals surface area contributed by atoms with Gasteiger partial charge in [0.25, 0.3) is 0 Å². The molecular formula is C22H26N2O7. The van der Waals surface area contributed by atoms with Crippen molar-refractivity contribution in [2.45, 2.75) is 33.1 Å². The number of rotatable bonds is 7. The topological polar surface area (TPSA) is 150 Å². The molecule has 31 heavy (non-hydrogen) atoms. The average molecular weight is 430 g/mol. The molecule has 0 saturated heterocycles. The first kappa shape index (κ1) is 23.7. The van der Waals surface area contributed by atoms with Crippen molar-refractivity contribution in [3.05, 3.63) is 53.4 Å². The van der Waals surface area contributed by atoms with E-state index in [9.17, 15) is 24.6 Å². The lowest BCUT2D eigenvalue weighted by molar-refractivity contribution is -0.148. The first-order valence-electron chi connectivity index (χ1n) is 9.77. The summed E-state index contributed by atoms with van der Waals surface area (Å²) >= 11 is 0. The summed E-state index contributed by atoms with van der Waals surface area (Å²) in [4.78, 5) is 33.5. The summed E-state index contributed by atoms with van der Waals surface area (Å²) in [5.41, 5.74) is -0.325. The molecule has 1 aromatic carbocycles. The number of fused-ring (bicyclic) bond motifs is 1. The van der Waals surface area contributed by atoms with Crippen molar-refractivity contribution in [2.75, 3.05) is 7.11 Å². The molecule has 4 N–H and O–H groups in total. The fourth-order valence-corrected chi connectivity index (χ4v) is 3.56. The quantitative estimate of drug-likeness (QED) is 0.519. The first-order chi connectivity index (χ1) is 14.7. The van der Waals surface area contributed by atoms with Gasteiger partial charge >= 0.3 is 17.9 Å². The van der Waals surface area contributed by atoms with Crippen LogP contribution in [0.2, 0.25) is 0 Å². The first-order valence-corrected chi connectivity index (χ1v) is 9.77. The Bertz CT molecular complexity index is 1040. The highest BCUT2D eigenvalue weighted by Crippen LogP contribution is 2.43. The van der Waals surface area contributed by atoms with Crippen molar-refractivity contribution in [3.63, 3.8) is 0 Å². The Morgan fingerprint density at radius 2 is 1.84 bits per heavy atom. The van der Waals surface area contributed by atoms with Crippen molar-refractivity contribution in [1.29, 1.82) is 0 Å². The number of carboxylic acid groups (broad SMARTS) is 3. The third-order valence-electron chi connectivity index (χ3n) is 5.35. The van der Waals surface area contributed by atoms with Gasteiger partial charge in [-0.2, -0.15) is 5.10 Å². The highest BCUT2D eigenvalue weighted by Gasteiger charge is 2.46. The van der Waals surface area contributed by atoms with E-state index in [4.69, 9.17) is 9.84 Å². The number of nitrogens with one attached hydrogen (secondary N) is 1. The molecule has 0 radical (unpaired) electrons. The van der Waals surface area contributed by atoms with E-state index in [1.807, 2.05) is 13.0 Å². The second-order valence-corrected chi connectivity index (χ2v) is 7.33. The Hall–Kier alpha value is -3.62. The third-order valence-corrected chi connectivity index (χ3v) is 5.35. The summed E-state index contributed by atoms with van der Waals surface area (Å²) in [6.07, 6.45) is 5.14. The minimum absolute atomic E-state index is 0.0587. The van der Waals surface area contributed by atoms with E-state index < -0.39 is 29.2 Å². The molecule has 0 fully saturated rings. The van der Waals surface area contributed by atoms with E-state index in [2.05, 4.69) is 10.2 Å². The van der Waals surface area contributed by atoms with Gasteiger partial charge in [0.15, 0.2) is 5.69 Å². The predicted molar refractivity (Wildman–Crippen MR) is 113 cm³/mol. The van der Waals surface area contributed by atoms with Crippen molar-refractivity contribution >= 4 is 28.8 Å².